The number of halogens is 1. The maximum absolute atomic E-state index is 12.5. The lowest BCUT2D eigenvalue weighted by Gasteiger charge is -2.15. The van der Waals surface area contributed by atoms with E-state index in [1.54, 1.807) is 19.1 Å². The summed E-state index contributed by atoms with van der Waals surface area (Å²) in [7, 11) is 4.48. The summed E-state index contributed by atoms with van der Waals surface area (Å²) in [5.74, 6) is 1.01. The predicted molar refractivity (Wildman–Crippen MR) is 103 cm³/mol. The molecular weight excluding hydrogens is 386 g/mol. The van der Waals surface area contributed by atoms with Crippen LogP contribution in [0.5, 0.6) is 28.7 Å². The average Bonchev–Trinajstić information content (AvgIpc) is 2.69. The maximum Gasteiger partial charge on any atom is 0.315 e. The van der Waals surface area contributed by atoms with Crippen LogP contribution < -0.4 is 23.7 Å². The highest BCUT2D eigenvalue weighted by atomic mass is 35.5. The lowest BCUT2D eigenvalue weighted by Crippen LogP contribution is -2.13. The van der Waals surface area contributed by atoms with Gasteiger partial charge in [-0.3, -0.25) is 4.79 Å². The van der Waals surface area contributed by atoms with Gasteiger partial charge in [-0.2, -0.15) is 5.26 Å². The fourth-order valence-electron chi connectivity index (χ4n) is 2.55. The Bertz CT molecular complexity index is 881. The minimum atomic E-state index is -0.568. The third-order valence-electron chi connectivity index (χ3n) is 3.73. The molecule has 28 heavy (non-hydrogen) atoms. The zero-order chi connectivity index (χ0) is 20.7. The van der Waals surface area contributed by atoms with Gasteiger partial charge in [0.05, 0.1) is 51.0 Å². The number of carbonyl (C=O) groups excluding carboxylic acids is 1. The van der Waals surface area contributed by atoms with E-state index in [4.69, 9.17) is 40.5 Å². The average molecular weight is 406 g/mol. The summed E-state index contributed by atoms with van der Waals surface area (Å²) in [5.41, 5.74) is 0.903. The van der Waals surface area contributed by atoms with Crippen molar-refractivity contribution in [2.24, 2.45) is 0 Å². The molecule has 0 amide bonds. The molecular formula is C20H20ClNO6. The molecule has 0 aliphatic carbocycles. The SMILES string of the molecule is CCOc1cc(C#N)cc(Cl)c1OC(=O)Cc1cc(OC)c(OC)c(OC)c1. The molecule has 7 nitrogen and oxygen atoms in total. The number of carbonyl (C=O) groups is 1. The van der Waals surface area contributed by atoms with Crippen LogP contribution in [0, 0.1) is 11.3 Å². The van der Waals surface area contributed by atoms with E-state index in [0.717, 1.165) is 0 Å². The molecule has 0 spiro atoms. The van der Waals surface area contributed by atoms with Crippen LogP contribution in [0.4, 0.5) is 0 Å². The number of ether oxygens (including phenoxy) is 5. The third kappa shape index (κ3) is 4.78. The van der Waals surface area contributed by atoms with Crippen molar-refractivity contribution in [1.82, 2.24) is 0 Å². The van der Waals surface area contributed by atoms with Crippen LogP contribution in [0.15, 0.2) is 24.3 Å². The summed E-state index contributed by atoms with van der Waals surface area (Å²) in [5, 5.41) is 9.17. The van der Waals surface area contributed by atoms with Crippen molar-refractivity contribution in [3.05, 3.63) is 40.4 Å². The highest BCUT2D eigenvalue weighted by Crippen LogP contribution is 2.39. The molecule has 2 aromatic rings. The van der Waals surface area contributed by atoms with Crippen molar-refractivity contribution in [3.63, 3.8) is 0 Å². The lowest BCUT2D eigenvalue weighted by atomic mass is 10.1. The zero-order valence-electron chi connectivity index (χ0n) is 16.0. The Morgan fingerprint density at radius 1 is 1.00 bits per heavy atom. The molecule has 0 aliphatic heterocycles. The quantitative estimate of drug-likeness (QED) is 0.487. The van der Waals surface area contributed by atoms with E-state index in [0.29, 0.717) is 35.0 Å². The van der Waals surface area contributed by atoms with Gasteiger partial charge in [0.25, 0.3) is 0 Å². The third-order valence-corrected chi connectivity index (χ3v) is 4.01. The molecule has 0 radical (unpaired) electrons. The Kier molecular flexibility index (Phi) is 7.36. The molecule has 8 heteroatoms. The largest absolute Gasteiger partial charge is 0.493 e. The normalized spacial score (nSPS) is 10.0. The van der Waals surface area contributed by atoms with E-state index in [1.807, 2.05) is 6.07 Å². The van der Waals surface area contributed by atoms with Gasteiger partial charge in [-0.15, -0.1) is 0 Å². The van der Waals surface area contributed by atoms with E-state index < -0.39 is 5.97 Å². The second kappa shape index (κ2) is 9.72. The van der Waals surface area contributed by atoms with Gasteiger partial charge in [-0.05, 0) is 30.7 Å². The molecule has 2 rings (SSSR count). The summed E-state index contributed by atoms with van der Waals surface area (Å²) >= 11 is 6.17. The van der Waals surface area contributed by atoms with E-state index in [1.165, 1.54) is 33.5 Å². The van der Waals surface area contributed by atoms with E-state index in [2.05, 4.69) is 0 Å². The molecule has 0 N–H and O–H groups in total. The lowest BCUT2D eigenvalue weighted by molar-refractivity contribution is -0.133. The van der Waals surface area contributed by atoms with Gasteiger partial charge in [-0.1, -0.05) is 11.6 Å². The number of rotatable bonds is 8. The highest BCUT2D eigenvalue weighted by Gasteiger charge is 2.19. The van der Waals surface area contributed by atoms with Crippen molar-refractivity contribution in [1.29, 1.82) is 5.26 Å². The number of nitriles is 1. The molecule has 2 aromatic carbocycles. The Morgan fingerprint density at radius 2 is 1.64 bits per heavy atom. The Hall–Kier alpha value is -3.11. The first-order valence-electron chi connectivity index (χ1n) is 8.33. The van der Waals surface area contributed by atoms with Gasteiger partial charge < -0.3 is 23.7 Å². The van der Waals surface area contributed by atoms with Gasteiger partial charge in [0.15, 0.2) is 23.0 Å². The summed E-state index contributed by atoms with van der Waals surface area (Å²) < 4.78 is 26.7. The Morgan fingerprint density at radius 3 is 2.14 bits per heavy atom. The summed E-state index contributed by atoms with van der Waals surface area (Å²) in [6.07, 6.45) is -0.0708. The van der Waals surface area contributed by atoms with Crippen molar-refractivity contribution in [3.8, 4) is 34.8 Å². The number of hydrogen-bond donors (Lipinski definition) is 0. The summed E-state index contributed by atoms with van der Waals surface area (Å²) in [6.45, 7) is 2.09. The van der Waals surface area contributed by atoms with Gasteiger partial charge in [0.2, 0.25) is 5.75 Å². The first-order chi connectivity index (χ1) is 13.5. The Labute approximate surface area is 168 Å². The smallest absolute Gasteiger partial charge is 0.315 e. The van der Waals surface area contributed by atoms with E-state index in [9.17, 15) is 4.79 Å². The highest BCUT2D eigenvalue weighted by molar-refractivity contribution is 6.32. The van der Waals surface area contributed by atoms with Gasteiger partial charge in [-0.25, -0.2) is 0 Å². The van der Waals surface area contributed by atoms with Crippen LogP contribution in [-0.2, 0) is 11.2 Å². The molecule has 0 fully saturated rings. The molecule has 0 unspecified atom stereocenters. The molecule has 0 saturated carbocycles. The van der Waals surface area contributed by atoms with Gasteiger partial charge >= 0.3 is 5.97 Å². The molecule has 0 aliphatic rings. The zero-order valence-corrected chi connectivity index (χ0v) is 16.8. The first kappa shape index (κ1) is 21.2. The maximum atomic E-state index is 12.5. The minimum Gasteiger partial charge on any atom is -0.493 e. The number of benzene rings is 2. The molecule has 0 heterocycles. The van der Waals surface area contributed by atoms with E-state index in [-0.39, 0.29) is 22.9 Å². The van der Waals surface area contributed by atoms with Crippen LogP contribution >= 0.6 is 11.6 Å². The summed E-state index contributed by atoms with van der Waals surface area (Å²) in [6, 6.07) is 8.18. The second-order valence-electron chi connectivity index (χ2n) is 5.51. The molecule has 0 aromatic heterocycles. The fourth-order valence-corrected chi connectivity index (χ4v) is 2.80. The number of methoxy groups -OCH3 is 3. The predicted octanol–water partition coefficient (Wildman–Crippen LogP) is 3.78. The van der Waals surface area contributed by atoms with Gasteiger partial charge in [0.1, 0.15) is 0 Å². The van der Waals surface area contributed by atoms with Crippen LogP contribution in [0.25, 0.3) is 0 Å². The van der Waals surface area contributed by atoms with Gasteiger partial charge in [0, 0.05) is 6.07 Å². The summed E-state index contributed by atoms with van der Waals surface area (Å²) in [4.78, 5) is 12.5. The number of esters is 1. The standard InChI is InChI=1S/C20H20ClNO6/c1-5-27-17-9-13(11-22)6-14(21)19(17)28-18(23)10-12-7-15(24-2)20(26-4)16(8-12)25-3/h6-9H,5,10H2,1-4H3. The van der Waals surface area contributed by atoms with Crippen molar-refractivity contribution in [2.75, 3.05) is 27.9 Å². The van der Waals surface area contributed by atoms with Crippen LogP contribution in [0.1, 0.15) is 18.1 Å². The fraction of sp³-hybridized carbons (Fsp3) is 0.300. The first-order valence-corrected chi connectivity index (χ1v) is 8.71. The van der Waals surface area contributed by atoms with Crippen LogP contribution in [0.2, 0.25) is 5.02 Å². The van der Waals surface area contributed by atoms with E-state index >= 15 is 0 Å². The van der Waals surface area contributed by atoms with Crippen molar-refractivity contribution >= 4 is 17.6 Å². The molecule has 0 saturated heterocycles. The topological polar surface area (TPSA) is 87.0 Å². The molecule has 0 atom stereocenters. The Balaban J connectivity index is 2.29. The number of hydrogen-bond acceptors (Lipinski definition) is 7. The van der Waals surface area contributed by atoms with Crippen molar-refractivity contribution < 1.29 is 28.5 Å². The second-order valence-corrected chi connectivity index (χ2v) is 5.92. The van der Waals surface area contributed by atoms with Crippen molar-refractivity contribution in [2.45, 2.75) is 13.3 Å². The monoisotopic (exact) mass is 405 g/mol. The van der Waals surface area contributed by atoms with Crippen LogP contribution in [-0.4, -0.2) is 33.9 Å². The number of nitrogens with zero attached hydrogens (tertiary/aromatic N) is 1. The molecule has 0 bridgehead atoms. The molecule has 148 valence electrons. The minimum absolute atomic E-state index is 0.0694. The van der Waals surface area contributed by atoms with Crippen LogP contribution in [0.3, 0.4) is 0 Å².